The van der Waals surface area contributed by atoms with Gasteiger partial charge in [0.2, 0.25) is 0 Å². The molecule has 12 heavy (non-hydrogen) atoms. The van der Waals surface area contributed by atoms with Gasteiger partial charge in [-0.1, -0.05) is 6.92 Å². The Kier molecular flexibility index (Phi) is 5.34. The summed E-state index contributed by atoms with van der Waals surface area (Å²) in [5, 5.41) is 0. The molecule has 3 heteroatoms. The van der Waals surface area contributed by atoms with Gasteiger partial charge in [-0.05, 0) is 19.8 Å². The zero-order valence-electron chi connectivity index (χ0n) is 7.92. The van der Waals surface area contributed by atoms with E-state index in [-0.39, 0.29) is 17.7 Å². The van der Waals surface area contributed by atoms with Gasteiger partial charge in [0, 0.05) is 6.42 Å². The highest BCUT2D eigenvalue weighted by atomic mass is 16.5. The minimum atomic E-state index is -0.196. The van der Waals surface area contributed by atoms with Crippen LogP contribution in [0.2, 0.25) is 0 Å². The summed E-state index contributed by atoms with van der Waals surface area (Å²) in [6.07, 6.45) is 2.05. The monoisotopic (exact) mass is 172 g/mol. The maximum Gasteiger partial charge on any atom is 0.308 e. The Labute approximate surface area is 73.1 Å². The normalized spacial score (nSPS) is 12.2. The summed E-state index contributed by atoms with van der Waals surface area (Å²) in [6.45, 7) is 3.37. The molecular weight excluding hydrogens is 156 g/mol. The van der Waals surface area contributed by atoms with Crippen LogP contribution in [0.4, 0.5) is 0 Å². The van der Waals surface area contributed by atoms with Crippen LogP contribution in [0.1, 0.15) is 33.1 Å². The third-order valence-electron chi connectivity index (χ3n) is 1.77. The number of rotatable bonds is 5. The molecule has 0 spiro atoms. The van der Waals surface area contributed by atoms with Crippen molar-refractivity contribution >= 4 is 11.8 Å². The molecule has 0 aromatic rings. The highest BCUT2D eigenvalue weighted by Crippen LogP contribution is 2.09. The van der Waals surface area contributed by atoms with Crippen molar-refractivity contribution in [1.82, 2.24) is 0 Å². The van der Waals surface area contributed by atoms with Crippen LogP contribution in [0, 0.1) is 5.92 Å². The molecule has 0 aliphatic heterocycles. The predicted octanol–water partition coefficient (Wildman–Crippen LogP) is 1.55. The van der Waals surface area contributed by atoms with Crippen molar-refractivity contribution in [1.29, 1.82) is 0 Å². The number of hydrogen-bond acceptors (Lipinski definition) is 3. The first-order valence-electron chi connectivity index (χ1n) is 4.15. The van der Waals surface area contributed by atoms with Crippen molar-refractivity contribution < 1.29 is 14.3 Å². The second-order valence-corrected chi connectivity index (χ2v) is 3.02. The number of carbonyl (C=O) groups excluding carboxylic acids is 2. The topological polar surface area (TPSA) is 43.4 Å². The summed E-state index contributed by atoms with van der Waals surface area (Å²) >= 11 is 0. The van der Waals surface area contributed by atoms with Crippen LogP contribution < -0.4 is 0 Å². The lowest BCUT2D eigenvalue weighted by Gasteiger charge is -2.06. The number of hydrogen-bond donors (Lipinski definition) is 0. The highest BCUT2D eigenvalue weighted by Gasteiger charge is 2.12. The van der Waals surface area contributed by atoms with Crippen LogP contribution >= 0.6 is 0 Å². The molecule has 0 rings (SSSR count). The van der Waals surface area contributed by atoms with E-state index in [1.165, 1.54) is 7.11 Å². The van der Waals surface area contributed by atoms with Gasteiger partial charge in [0.05, 0.1) is 13.0 Å². The number of ketones is 1. The van der Waals surface area contributed by atoms with E-state index in [0.717, 1.165) is 12.8 Å². The van der Waals surface area contributed by atoms with Crippen molar-refractivity contribution in [3.05, 3.63) is 0 Å². The van der Waals surface area contributed by atoms with E-state index in [2.05, 4.69) is 4.74 Å². The van der Waals surface area contributed by atoms with Crippen molar-refractivity contribution in [2.24, 2.45) is 5.92 Å². The summed E-state index contributed by atoms with van der Waals surface area (Å²) in [5.41, 5.74) is 0. The van der Waals surface area contributed by atoms with Crippen molar-refractivity contribution in [3.8, 4) is 0 Å². The lowest BCUT2D eigenvalue weighted by Crippen LogP contribution is -2.12. The molecule has 0 saturated carbocycles. The molecule has 0 amide bonds. The van der Waals surface area contributed by atoms with Gasteiger partial charge in [0.1, 0.15) is 5.78 Å². The van der Waals surface area contributed by atoms with Crippen LogP contribution in [0.15, 0.2) is 0 Å². The van der Waals surface area contributed by atoms with Gasteiger partial charge in [-0.25, -0.2) is 0 Å². The maximum absolute atomic E-state index is 10.9. The molecule has 0 radical (unpaired) electrons. The molecule has 3 nitrogen and oxygen atoms in total. The number of Topliss-reactive ketones (excluding diaryl/α,β-unsaturated/α-hetero) is 1. The minimum absolute atomic E-state index is 0.0886. The lowest BCUT2D eigenvalue weighted by molar-refractivity contribution is -0.145. The van der Waals surface area contributed by atoms with Crippen LogP contribution in [-0.4, -0.2) is 18.9 Å². The summed E-state index contributed by atoms with van der Waals surface area (Å²) in [7, 11) is 1.38. The Balaban J connectivity index is 3.50. The van der Waals surface area contributed by atoms with Crippen LogP contribution in [0.5, 0.6) is 0 Å². The number of carbonyl (C=O) groups is 2. The molecule has 0 saturated heterocycles. The second kappa shape index (κ2) is 5.75. The molecule has 0 aromatic heterocycles. The van der Waals surface area contributed by atoms with E-state index < -0.39 is 0 Å². The Morgan fingerprint density at radius 3 is 2.42 bits per heavy atom. The van der Waals surface area contributed by atoms with E-state index >= 15 is 0 Å². The largest absolute Gasteiger partial charge is 0.469 e. The molecule has 0 aliphatic rings. The van der Waals surface area contributed by atoms with Gasteiger partial charge in [0.15, 0.2) is 0 Å². The van der Waals surface area contributed by atoms with Crippen LogP contribution in [-0.2, 0) is 14.3 Å². The van der Waals surface area contributed by atoms with Crippen molar-refractivity contribution in [2.45, 2.75) is 33.1 Å². The van der Waals surface area contributed by atoms with E-state index in [0.29, 0.717) is 6.42 Å². The number of esters is 1. The van der Waals surface area contributed by atoms with Gasteiger partial charge in [0.25, 0.3) is 0 Å². The molecule has 0 N–H and O–H groups in total. The lowest BCUT2D eigenvalue weighted by atomic mass is 10.0. The Bertz CT molecular complexity index is 163. The quantitative estimate of drug-likeness (QED) is 0.591. The van der Waals surface area contributed by atoms with E-state index in [1.807, 2.05) is 6.92 Å². The highest BCUT2D eigenvalue weighted by molar-refractivity contribution is 5.75. The van der Waals surface area contributed by atoms with Crippen LogP contribution in [0.25, 0.3) is 0 Å². The average Bonchev–Trinajstić information content (AvgIpc) is 2.02. The zero-order valence-corrected chi connectivity index (χ0v) is 7.92. The SMILES string of the molecule is COC(=O)C(C)CCCC(C)=O. The molecule has 1 atom stereocenters. The molecule has 0 aliphatic carbocycles. The van der Waals surface area contributed by atoms with Crippen molar-refractivity contribution in [2.75, 3.05) is 7.11 Å². The molecule has 0 aromatic carbocycles. The first-order valence-corrected chi connectivity index (χ1v) is 4.15. The van der Waals surface area contributed by atoms with Gasteiger partial charge in [-0.3, -0.25) is 4.79 Å². The number of methoxy groups -OCH3 is 1. The molecule has 70 valence electrons. The molecule has 0 bridgehead atoms. The van der Waals surface area contributed by atoms with Crippen molar-refractivity contribution in [3.63, 3.8) is 0 Å². The fourth-order valence-corrected chi connectivity index (χ4v) is 0.976. The van der Waals surface area contributed by atoms with E-state index in [9.17, 15) is 9.59 Å². The van der Waals surface area contributed by atoms with Crippen LogP contribution in [0.3, 0.4) is 0 Å². The Morgan fingerprint density at radius 2 is 2.00 bits per heavy atom. The van der Waals surface area contributed by atoms with Gasteiger partial charge < -0.3 is 9.53 Å². The third-order valence-corrected chi connectivity index (χ3v) is 1.77. The minimum Gasteiger partial charge on any atom is -0.469 e. The third kappa shape index (κ3) is 4.88. The van der Waals surface area contributed by atoms with Gasteiger partial charge in [-0.15, -0.1) is 0 Å². The fourth-order valence-electron chi connectivity index (χ4n) is 0.976. The van der Waals surface area contributed by atoms with Gasteiger partial charge >= 0.3 is 5.97 Å². The summed E-state index contributed by atoms with van der Waals surface area (Å²) in [4.78, 5) is 21.4. The van der Waals surface area contributed by atoms with E-state index in [4.69, 9.17) is 0 Å². The molecule has 0 fully saturated rings. The average molecular weight is 172 g/mol. The molecular formula is C9H16O3. The maximum atomic E-state index is 10.9. The smallest absolute Gasteiger partial charge is 0.308 e. The summed E-state index contributed by atoms with van der Waals surface area (Å²) in [6, 6.07) is 0. The predicted molar refractivity (Wildman–Crippen MR) is 45.7 cm³/mol. The number of ether oxygens (including phenoxy) is 1. The van der Waals surface area contributed by atoms with E-state index in [1.54, 1.807) is 6.92 Å². The van der Waals surface area contributed by atoms with Gasteiger partial charge in [-0.2, -0.15) is 0 Å². The second-order valence-electron chi connectivity index (χ2n) is 3.02. The summed E-state index contributed by atoms with van der Waals surface area (Å²) in [5.74, 6) is -0.111. The zero-order chi connectivity index (χ0) is 9.56. The first-order chi connectivity index (χ1) is 5.57. The summed E-state index contributed by atoms with van der Waals surface area (Å²) < 4.78 is 4.55. The molecule has 1 unspecified atom stereocenters. The Morgan fingerprint density at radius 1 is 1.42 bits per heavy atom. The standard InChI is InChI=1S/C9H16O3/c1-7(9(11)12-3)5-4-6-8(2)10/h7H,4-6H2,1-3H3. The first kappa shape index (κ1) is 11.1. The Hall–Kier alpha value is -0.860. The molecule has 0 heterocycles. The fraction of sp³-hybridized carbons (Fsp3) is 0.778.